The second kappa shape index (κ2) is 7.26. The summed E-state index contributed by atoms with van der Waals surface area (Å²) in [5.41, 5.74) is 1.74. The van der Waals surface area contributed by atoms with Crippen molar-refractivity contribution in [2.45, 2.75) is 45.8 Å². The number of nitrogens with one attached hydrogen (secondary N) is 1. The predicted octanol–water partition coefficient (Wildman–Crippen LogP) is 2.95. The summed E-state index contributed by atoms with van der Waals surface area (Å²) < 4.78 is 7.33. The molecule has 6 nitrogen and oxygen atoms in total. The van der Waals surface area contributed by atoms with E-state index in [0.717, 1.165) is 5.69 Å². The molecular formula is C17H24N4O2. The van der Waals surface area contributed by atoms with Crippen molar-refractivity contribution in [3.05, 3.63) is 48.3 Å². The number of nitrogens with zero attached hydrogens (tertiary/aromatic N) is 3. The van der Waals surface area contributed by atoms with E-state index in [4.69, 9.17) is 4.74 Å². The maximum atomic E-state index is 11.7. The van der Waals surface area contributed by atoms with E-state index in [1.54, 1.807) is 12.4 Å². The van der Waals surface area contributed by atoms with E-state index in [1.165, 1.54) is 5.56 Å². The van der Waals surface area contributed by atoms with E-state index in [9.17, 15) is 4.79 Å². The lowest BCUT2D eigenvalue weighted by Gasteiger charge is -2.20. The number of alkyl carbamates (subject to hydrolysis) is 1. The minimum absolute atomic E-state index is 0.164. The lowest BCUT2D eigenvalue weighted by molar-refractivity contribution is 0.0528. The Morgan fingerprint density at radius 2 is 2.00 bits per heavy atom. The number of imidazole rings is 1. The van der Waals surface area contributed by atoms with Crippen LogP contribution in [-0.2, 0) is 11.2 Å². The Hall–Kier alpha value is -2.37. The number of amides is 1. The quantitative estimate of drug-likeness (QED) is 0.921. The lowest BCUT2D eigenvalue weighted by Crippen LogP contribution is -2.33. The van der Waals surface area contributed by atoms with Crippen LogP contribution in [0.2, 0.25) is 0 Å². The molecule has 0 aromatic carbocycles. The Kier molecular flexibility index (Phi) is 5.36. The fourth-order valence-corrected chi connectivity index (χ4v) is 2.28. The average Bonchev–Trinajstić information content (AvgIpc) is 2.94. The molecule has 1 unspecified atom stereocenters. The highest BCUT2D eigenvalue weighted by Gasteiger charge is 2.16. The van der Waals surface area contributed by atoms with Crippen LogP contribution >= 0.6 is 0 Å². The maximum absolute atomic E-state index is 11.7. The molecule has 23 heavy (non-hydrogen) atoms. The molecule has 1 amide bonds. The first-order valence-corrected chi connectivity index (χ1v) is 7.74. The summed E-state index contributed by atoms with van der Waals surface area (Å²) in [4.78, 5) is 19.9. The van der Waals surface area contributed by atoms with Gasteiger partial charge in [0.2, 0.25) is 0 Å². The highest BCUT2D eigenvalue weighted by Crippen LogP contribution is 2.19. The summed E-state index contributed by atoms with van der Waals surface area (Å²) in [7, 11) is 0. The Morgan fingerprint density at radius 3 is 2.65 bits per heavy atom. The first-order valence-electron chi connectivity index (χ1n) is 7.74. The molecule has 0 aliphatic heterocycles. The van der Waals surface area contributed by atoms with Crippen LogP contribution in [-0.4, -0.2) is 32.8 Å². The fraction of sp³-hybridized carbons (Fsp3) is 0.471. The zero-order valence-electron chi connectivity index (χ0n) is 14.1. The molecule has 124 valence electrons. The van der Waals surface area contributed by atoms with Crippen molar-refractivity contribution in [2.24, 2.45) is 0 Å². The smallest absolute Gasteiger partial charge is 0.407 e. The topological polar surface area (TPSA) is 69.0 Å². The van der Waals surface area contributed by atoms with Gasteiger partial charge in [-0.05, 0) is 45.4 Å². The number of hydrogen-bond acceptors (Lipinski definition) is 4. The van der Waals surface area contributed by atoms with E-state index in [1.807, 2.05) is 45.4 Å². The molecule has 0 fully saturated rings. The molecule has 1 atom stereocenters. The van der Waals surface area contributed by atoms with Crippen LogP contribution in [0, 0.1) is 0 Å². The van der Waals surface area contributed by atoms with Gasteiger partial charge in [-0.2, -0.15) is 0 Å². The lowest BCUT2D eigenvalue weighted by atomic mass is 10.1. The minimum atomic E-state index is -0.484. The molecule has 0 spiro atoms. The normalized spacial score (nSPS) is 12.7. The number of carbonyl (C=O) groups excluding carboxylic acids is 1. The summed E-state index contributed by atoms with van der Waals surface area (Å²) in [5, 5.41) is 2.77. The third-order valence-electron chi connectivity index (χ3n) is 3.40. The van der Waals surface area contributed by atoms with Crippen molar-refractivity contribution < 1.29 is 9.53 Å². The van der Waals surface area contributed by atoms with Gasteiger partial charge < -0.3 is 14.6 Å². The van der Waals surface area contributed by atoms with Gasteiger partial charge in [0, 0.05) is 37.3 Å². The molecule has 0 bridgehead atoms. The summed E-state index contributed by atoms with van der Waals surface area (Å²) in [6.07, 6.45) is 7.50. The maximum Gasteiger partial charge on any atom is 0.407 e. The van der Waals surface area contributed by atoms with Crippen LogP contribution in [0.15, 0.2) is 37.1 Å². The van der Waals surface area contributed by atoms with Gasteiger partial charge in [0.05, 0.1) is 12.4 Å². The first-order chi connectivity index (χ1) is 10.9. The molecule has 2 heterocycles. The number of pyridine rings is 1. The van der Waals surface area contributed by atoms with Crippen molar-refractivity contribution in [3.8, 4) is 0 Å². The van der Waals surface area contributed by atoms with Crippen LogP contribution in [0.4, 0.5) is 4.79 Å². The zero-order valence-corrected chi connectivity index (χ0v) is 14.1. The molecule has 0 saturated heterocycles. The van der Waals surface area contributed by atoms with Gasteiger partial charge in [0.1, 0.15) is 5.60 Å². The monoisotopic (exact) mass is 316 g/mol. The second-order valence-electron chi connectivity index (χ2n) is 6.43. The highest BCUT2D eigenvalue weighted by molar-refractivity contribution is 5.67. The predicted molar refractivity (Wildman–Crippen MR) is 88.2 cm³/mol. The van der Waals surface area contributed by atoms with Crippen LogP contribution in [0.1, 0.15) is 45.0 Å². The molecule has 0 aliphatic rings. The highest BCUT2D eigenvalue weighted by atomic mass is 16.6. The number of hydrogen-bond donors (Lipinski definition) is 1. The van der Waals surface area contributed by atoms with Crippen molar-refractivity contribution >= 4 is 6.09 Å². The van der Waals surface area contributed by atoms with E-state index in [2.05, 4.69) is 26.8 Å². The summed E-state index contributed by atoms with van der Waals surface area (Å²) in [6, 6.07) is 4.15. The standard InChI is InChI=1S/C17H24N4O2/c1-13(14-5-8-18-9-6-14)21-12-19-11-15(21)7-10-20-16(22)23-17(2,3)4/h5-6,8-9,11-13H,7,10H2,1-4H3,(H,20,22). The van der Waals surface area contributed by atoms with Gasteiger partial charge in [-0.1, -0.05) is 0 Å². The Balaban J connectivity index is 1.93. The van der Waals surface area contributed by atoms with Gasteiger partial charge in [-0.3, -0.25) is 4.98 Å². The molecule has 2 rings (SSSR count). The van der Waals surface area contributed by atoms with Gasteiger partial charge in [-0.15, -0.1) is 0 Å². The molecular weight excluding hydrogens is 292 g/mol. The molecule has 2 aromatic rings. The van der Waals surface area contributed by atoms with Crippen LogP contribution in [0.3, 0.4) is 0 Å². The van der Waals surface area contributed by atoms with Crippen LogP contribution in [0.5, 0.6) is 0 Å². The number of carbonyl (C=O) groups is 1. The summed E-state index contributed by atoms with van der Waals surface area (Å²) in [6.45, 7) is 8.15. The minimum Gasteiger partial charge on any atom is -0.444 e. The Bertz CT molecular complexity index is 632. The summed E-state index contributed by atoms with van der Waals surface area (Å²) >= 11 is 0. The molecule has 6 heteroatoms. The third kappa shape index (κ3) is 5.09. The van der Waals surface area contributed by atoms with E-state index in [-0.39, 0.29) is 6.04 Å². The number of rotatable bonds is 5. The first kappa shape index (κ1) is 17.0. The molecule has 0 radical (unpaired) electrons. The second-order valence-corrected chi connectivity index (χ2v) is 6.43. The third-order valence-corrected chi connectivity index (χ3v) is 3.40. The summed E-state index contributed by atoms with van der Waals surface area (Å²) in [5.74, 6) is 0. The number of aromatic nitrogens is 3. The van der Waals surface area contributed by atoms with Crippen molar-refractivity contribution in [1.82, 2.24) is 19.9 Å². The van der Waals surface area contributed by atoms with E-state index >= 15 is 0 Å². The van der Waals surface area contributed by atoms with Crippen molar-refractivity contribution in [2.75, 3.05) is 6.54 Å². The van der Waals surface area contributed by atoms with Crippen molar-refractivity contribution in [3.63, 3.8) is 0 Å². The van der Waals surface area contributed by atoms with Crippen molar-refractivity contribution in [1.29, 1.82) is 0 Å². The molecule has 0 saturated carbocycles. The fourth-order valence-electron chi connectivity index (χ4n) is 2.28. The molecule has 0 aliphatic carbocycles. The largest absolute Gasteiger partial charge is 0.444 e. The van der Waals surface area contributed by atoms with Gasteiger partial charge in [0.25, 0.3) is 0 Å². The van der Waals surface area contributed by atoms with Gasteiger partial charge in [0.15, 0.2) is 0 Å². The van der Waals surface area contributed by atoms with E-state index < -0.39 is 11.7 Å². The Morgan fingerprint density at radius 1 is 1.30 bits per heavy atom. The average molecular weight is 316 g/mol. The van der Waals surface area contributed by atoms with E-state index in [0.29, 0.717) is 13.0 Å². The Labute approximate surface area is 136 Å². The van der Waals surface area contributed by atoms with Gasteiger partial charge in [-0.25, -0.2) is 9.78 Å². The zero-order chi connectivity index (χ0) is 16.9. The van der Waals surface area contributed by atoms with Gasteiger partial charge >= 0.3 is 6.09 Å². The molecule has 1 N–H and O–H groups in total. The SMILES string of the molecule is CC(c1ccncc1)n1cncc1CCNC(=O)OC(C)(C)C. The van der Waals surface area contributed by atoms with Crippen LogP contribution < -0.4 is 5.32 Å². The van der Waals surface area contributed by atoms with Crippen LogP contribution in [0.25, 0.3) is 0 Å². The number of ether oxygens (including phenoxy) is 1. The molecule has 2 aromatic heterocycles.